The maximum Gasteiger partial charge on any atom is 0.0538 e. The monoisotopic (exact) mass is 151 g/mol. The fourth-order valence-corrected chi connectivity index (χ4v) is 0.836. The number of hydrogen-bond acceptors (Lipinski definition) is 0. The van der Waals surface area contributed by atoms with Crippen LogP contribution in [0.1, 0.15) is 35.0 Å². The minimum Gasteiger partial charge on any atom is -0.0991 e. The standard InChI is InChI=1S/C11H18/c1-5-7-11(4)9-6-8-10(2)3/h5,7-8H,1,6,9H2,2-4H3/b11-7+/i1D/b5-1?,11-7+. The highest BCUT2D eigenvalue weighted by atomic mass is 13.9. The van der Waals surface area contributed by atoms with Crippen LogP contribution in [0.15, 0.2) is 35.9 Å². The normalized spacial score (nSPS) is 13.4. The predicted octanol–water partition coefficient (Wildman–Crippen LogP) is 3.87. The van der Waals surface area contributed by atoms with Gasteiger partial charge >= 0.3 is 0 Å². The van der Waals surface area contributed by atoms with Crippen LogP contribution in [-0.2, 0) is 0 Å². The molecule has 11 heavy (non-hydrogen) atoms. The van der Waals surface area contributed by atoms with Crippen molar-refractivity contribution >= 4 is 0 Å². The van der Waals surface area contributed by atoms with Gasteiger partial charge in [-0.1, -0.05) is 35.9 Å². The van der Waals surface area contributed by atoms with E-state index in [9.17, 15) is 0 Å². The molecule has 0 saturated carbocycles. The summed E-state index contributed by atoms with van der Waals surface area (Å²) in [6, 6.07) is 0. The molecule has 0 aliphatic rings. The average molecular weight is 151 g/mol. The van der Waals surface area contributed by atoms with Gasteiger partial charge in [-0.2, -0.15) is 0 Å². The Hall–Kier alpha value is -0.780. The molecule has 62 valence electrons. The van der Waals surface area contributed by atoms with Crippen molar-refractivity contribution in [2.24, 2.45) is 0 Å². The molecular formula is C11H18. The zero-order valence-electron chi connectivity index (χ0n) is 8.72. The van der Waals surface area contributed by atoms with E-state index < -0.39 is 0 Å². The zero-order valence-corrected chi connectivity index (χ0v) is 7.72. The summed E-state index contributed by atoms with van der Waals surface area (Å²) in [5.41, 5.74) is 2.70. The minimum atomic E-state index is 1.09. The van der Waals surface area contributed by atoms with Crippen molar-refractivity contribution in [2.75, 3.05) is 0 Å². The number of hydrogen-bond donors (Lipinski definition) is 0. The third-order valence-corrected chi connectivity index (χ3v) is 1.47. The molecular weight excluding hydrogens is 132 g/mol. The van der Waals surface area contributed by atoms with Gasteiger partial charge in [0.2, 0.25) is 0 Å². The van der Waals surface area contributed by atoms with Crippen LogP contribution >= 0.6 is 0 Å². The maximum atomic E-state index is 6.80. The van der Waals surface area contributed by atoms with Gasteiger partial charge in [-0.15, -0.1) is 0 Å². The van der Waals surface area contributed by atoms with Crippen LogP contribution in [-0.4, -0.2) is 0 Å². The van der Waals surface area contributed by atoms with Crippen LogP contribution in [0.5, 0.6) is 0 Å². The van der Waals surface area contributed by atoms with Crippen molar-refractivity contribution in [1.29, 1.82) is 0 Å². The molecule has 0 aliphatic heterocycles. The summed E-state index contributed by atoms with van der Waals surface area (Å²) in [5.74, 6) is 0. The molecule has 0 aromatic carbocycles. The van der Waals surface area contributed by atoms with Crippen LogP contribution in [0.2, 0.25) is 0 Å². The molecule has 0 aromatic rings. The van der Waals surface area contributed by atoms with E-state index in [4.69, 9.17) is 1.37 Å². The Bertz CT molecular complexity index is 193. The van der Waals surface area contributed by atoms with Gasteiger partial charge in [-0.25, -0.2) is 0 Å². The highest BCUT2D eigenvalue weighted by Crippen LogP contribution is 2.05. The third-order valence-electron chi connectivity index (χ3n) is 1.47. The molecule has 0 saturated heterocycles. The maximum absolute atomic E-state index is 6.80. The van der Waals surface area contributed by atoms with Crippen LogP contribution in [0.25, 0.3) is 0 Å². The molecule has 0 nitrogen and oxygen atoms in total. The fraction of sp³-hybridized carbons (Fsp3) is 0.455. The van der Waals surface area contributed by atoms with E-state index in [0.29, 0.717) is 0 Å². The van der Waals surface area contributed by atoms with Crippen LogP contribution in [0.3, 0.4) is 0 Å². The third kappa shape index (κ3) is 7.11. The van der Waals surface area contributed by atoms with Crippen molar-refractivity contribution in [3.63, 3.8) is 0 Å². The summed E-state index contributed by atoms with van der Waals surface area (Å²) in [6.45, 7) is 7.63. The van der Waals surface area contributed by atoms with Gasteiger partial charge in [0.1, 0.15) is 0 Å². The Morgan fingerprint density at radius 3 is 2.73 bits per heavy atom. The van der Waals surface area contributed by atoms with E-state index in [1.165, 1.54) is 17.7 Å². The topological polar surface area (TPSA) is 0 Å². The molecule has 0 aromatic heterocycles. The lowest BCUT2D eigenvalue weighted by atomic mass is 10.1. The Kier molecular flexibility index (Phi) is 4.51. The van der Waals surface area contributed by atoms with Gasteiger partial charge in [-0.05, 0) is 33.6 Å². The highest BCUT2D eigenvalue weighted by molar-refractivity contribution is 5.08. The van der Waals surface area contributed by atoms with E-state index >= 15 is 0 Å². The van der Waals surface area contributed by atoms with E-state index in [0.717, 1.165) is 12.8 Å². The van der Waals surface area contributed by atoms with E-state index in [1.54, 1.807) is 6.08 Å². The summed E-state index contributed by atoms with van der Waals surface area (Å²) >= 11 is 0. The average Bonchev–Trinajstić information content (AvgIpc) is 2.00. The van der Waals surface area contributed by atoms with Gasteiger partial charge in [0.25, 0.3) is 0 Å². The van der Waals surface area contributed by atoms with Crippen molar-refractivity contribution in [2.45, 2.75) is 33.6 Å². The van der Waals surface area contributed by atoms with E-state index in [1.807, 2.05) is 6.08 Å². The molecule has 0 spiro atoms. The Morgan fingerprint density at radius 1 is 1.45 bits per heavy atom. The first-order valence-electron chi connectivity index (χ1n) is 4.58. The molecule has 0 atom stereocenters. The Labute approximate surface area is 71.7 Å². The minimum absolute atomic E-state index is 1.09. The summed E-state index contributed by atoms with van der Waals surface area (Å²) in [4.78, 5) is 0. The quantitative estimate of drug-likeness (QED) is 0.422. The van der Waals surface area contributed by atoms with Gasteiger partial charge in [-0.3, -0.25) is 0 Å². The second kappa shape index (κ2) is 5.96. The first-order valence-corrected chi connectivity index (χ1v) is 4.01. The summed E-state index contributed by atoms with van der Waals surface area (Å²) in [7, 11) is 0. The molecule has 0 radical (unpaired) electrons. The second-order valence-corrected chi connectivity index (χ2v) is 3.03. The lowest BCUT2D eigenvalue weighted by Crippen LogP contribution is -1.75. The van der Waals surface area contributed by atoms with Gasteiger partial charge in [0, 0.05) is 0 Å². The molecule has 0 rings (SSSR count). The van der Waals surface area contributed by atoms with Crippen LogP contribution in [0.4, 0.5) is 0 Å². The summed E-state index contributed by atoms with van der Waals surface area (Å²) in [6.07, 6.45) is 8.19. The van der Waals surface area contributed by atoms with Crippen molar-refractivity contribution in [3.05, 3.63) is 35.9 Å². The Balaban J connectivity index is 3.71. The van der Waals surface area contributed by atoms with Crippen molar-refractivity contribution in [1.82, 2.24) is 0 Å². The molecule has 0 aliphatic carbocycles. The Morgan fingerprint density at radius 2 is 2.18 bits per heavy atom. The van der Waals surface area contributed by atoms with Gasteiger partial charge in [0.05, 0.1) is 1.37 Å². The first-order chi connectivity index (χ1) is 5.66. The lowest BCUT2D eigenvalue weighted by Gasteiger charge is -1.95. The molecule has 0 heteroatoms. The highest BCUT2D eigenvalue weighted by Gasteiger charge is 1.85. The smallest absolute Gasteiger partial charge is 0.0538 e. The second-order valence-electron chi connectivity index (χ2n) is 3.03. The van der Waals surface area contributed by atoms with Crippen LogP contribution in [0, 0.1) is 0 Å². The molecule has 0 heterocycles. The molecule has 0 amide bonds. The fourth-order valence-electron chi connectivity index (χ4n) is 0.836. The molecule has 0 N–H and O–H groups in total. The summed E-state index contributed by atoms with van der Waals surface area (Å²) in [5, 5.41) is 0. The zero-order chi connectivity index (χ0) is 9.40. The first kappa shape index (κ1) is 8.32. The summed E-state index contributed by atoms with van der Waals surface area (Å²) < 4.78 is 6.80. The van der Waals surface area contributed by atoms with Gasteiger partial charge in [0.15, 0.2) is 0 Å². The van der Waals surface area contributed by atoms with Crippen LogP contribution < -0.4 is 0 Å². The van der Waals surface area contributed by atoms with Crippen molar-refractivity contribution < 1.29 is 1.37 Å². The number of allylic oxidation sites excluding steroid dienone is 5. The molecule has 0 bridgehead atoms. The largest absolute Gasteiger partial charge is 0.0991 e. The van der Waals surface area contributed by atoms with E-state index in [2.05, 4.69) is 26.8 Å². The van der Waals surface area contributed by atoms with Gasteiger partial charge < -0.3 is 0 Å². The number of rotatable bonds is 4. The lowest BCUT2D eigenvalue weighted by molar-refractivity contribution is 0.967. The SMILES string of the molecule is [2H]C=C/C=C(\C)CCC=C(C)C. The molecule has 0 unspecified atom stereocenters. The van der Waals surface area contributed by atoms with Crippen molar-refractivity contribution in [3.8, 4) is 0 Å². The molecule has 0 fully saturated rings. The predicted molar refractivity (Wildman–Crippen MR) is 52.6 cm³/mol. The van der Waals surface area contributed by atoms with E-state index in [-0.39, 0.29) is 0 Å².